The second kappa shape index (κ2) is 9.36. The van der Waals surface area contributed by atoms with E-state index >= 15 is 0 Å². The Labute approximate surface area is 139 Å². The zero-order chi connectivity index (χ0) is 17.4. The Morgan fingerprint density at radius 2 is 1.91 bits per heavy atom. The zero-order valence-electron chi connectivity index (χ0n) is 15.1. The number of hydrogen-bond donors (Lipinski definition) is 1. The lowest BCUT2D eigenvalue weighted by atomic mass is 9.84. The lowest BCUT2D eigenvalue weighted by Crippen LogP contribution is -2.25. The van der Waals surface area contributed by atoms with E-state index in [1.165, 1.54) is 22.2 Å². The normalized spacial score (nSPS) is 15.8. The highest BCUT2D eigenvalue weighted by molar-refractivity contribution is 5.93. The molecule has 1 atom stereocenters. The van der Waals surface area contributed by atoms with Gasteiger partial charge in [-0.25, -0.2) is 0 Å². The number of aromatic nitrogens is 1. The van der Waals surface area contributed by atoms with E-state index in [2.05, 4.69) is 34.4 Å². The van der Waals surface area contributed by atoms with Crippen molar-refractivity contribution in [2.45, 2.75) is 52.5 Å². The van der Waals surface area contributed by atoms with Gasteiger partial charge in [-0.1, -0.05) is 32.0 Å². The summed E-state index contributed by atoms with van der Waals surface area (Å²) >= 11 is 0. The average Bonchev–Trinajstić information content (AvgIpc) is 2.91. The Hall–Kier alpha value is -1.81. The molecule has 1 aliphatic carbocycles. The summed E-state index contributed by atoms with van der Waals surface area (Å²) < 4.78 is 6.58. The molecule has 128 valence electrons. The van der Waals surface area contributed by atoms with Crippen LogP contribution in [0.25, 0.3) is 10.9 Å². The number of hydrogen-bond acceptors (Lipinski definition) is 2. The number of primary amides is 1. The predicted molar refractivity (Wildman–Crippen MR) is 96.8 cm³/mol. The van der Waals surface area contributed by atoms with Crippen molar-refractivity contribution < 1.29 is 9.53 Å². The van der Waals surface area contributed by atoms with Gasteiger partial charge in [-0.3, -0.25) is 4.79 Å². The van der Waals surface area contributed by atoms with E-state index in [9.17, 15) is 4.79 Å². The third-order valence-corrected chi connectivity index (χ3v) is 4.04. The molecule has 0 spiro atoms. The molecule has 0 saturated carbocycles. The number of nitrogens with zero attached hydrogens (tertiary/aromatic N) is 1. The highest BCUT2D eigenvalue weighted by Crippen LogP contribution is 2.38. The van der Waals surface area contributed by atoms with Gasteiger partial charge < -0.3 is 15.0 Å². The van der Waals surface area contributed by atoms with E-state index < -0.39 is 0 Å². The van der Waals surface area contributed by atoms with E-state index in [1.54, 1.807) is 14.2 Å². The first-order chi connectivity index (χ1) is 11.2. The molecule has 0 aliphatic heterocycles. The molecule has 1 aliphatic rings. The molecular weight excluding hydrogens is 288 g/mol. The van der Waals surface area contributed by atoms with Gasteiger partial charge in [-0.05, 0) is 37.8 Å². The number of carbonyl (C=O) groups excluding carboxylic acids is 1. The van der Waals surface area contributed by atoms with E-state index in [1.807, 2.05) is 19.9 Å². The molecule has 1 aromatic carbocycles. The van der Waals surface area contributed by atoms with Gasteiger partial charge in [-0.15, -0.1) is 0 Å². The summed E-state index contributed by atoms with van der Waals surface area (Å²) in [6, 6.07) is 8.34. The molecule has 2 N–H and O–H groups in total. The van der Waals surface area contributed by atoms with Gasteiger partial charge in [0.1, 0.15) is 0 Å². The fourth-order valence-corrected chi connectivity index (χ4v) is 3.31. The summed E-state index contributed by atoms with van der Waals surface area (Å²) in [6.45, 7) is 7.10. The maximum Gasteiger partial charge on any atom is 0.225 e. The SMILES string of the molecule is CC.CCn1c2c(c3ccccc31)C(C(N)=O)CCC2.COC. The summed E-state index contributed by atoms with van der Waals surface area (Å²) in [5, 5.41) is 1.21. The monoisotopic (exact) mass is 318 g/mol. The zero-order valence-corrected chi connectivity index (χ0v) is 15.1. The molecule has 23 heavy (non-hydrogen) atoms. The Balaban J connectivity index is 0.000000477. The summed E-state index contributed by atoms with van der Waals surface area (Å²) in [6.07, 6.45) is 3.00. The van der Waals surface area contributed by atoms with Gasteiger partial charge in [0.15, 0.2) is 0 Å². The maximum absolute atomic E-state index is 11.7. The van der Waals surface area contributed by atoms with Gasteiger partial charge in [0.25, 0.3) is 0 Å². The number of amides is 1. The molecule has 4 heteroatoms. The van der Waals surface area contributed by atoms with E-state index in [0.717, 1.165) is 25.8 Å². The number of methoxy groups -OCH3 is 1. The second-order valence-corrected chi connectivity index (χ2v) is 5.38. The van der Waals surface area contributed by atoms with Crippen LogP contribution in [0.15, 0.2) is 24.3 Å². The molecule has 0 fully saturated rings. The first-order valence-electron chi connectivity index (χ1n) is 8.45. The van der Waals surface area contributed by atoms with Crippen LogP contribution in [0.2, 0.25) is 0 Å². The van der Waals surface area contributed by atoms with E-state index in [4.69, 9.17) is 5.73 Å². The number of aryl methyl sites for hydroxylation is 1. The van der Waals surface area contributed by atoms with Gasteiger partial charge in [0.2, 0.25) is 5.91 Å². The Kier molecular flexibility index (Phi) is 7.83. The summed E-state index contributed by atoms with van der Waals surface area (Å²) in [5.41, 5.74) is 9.31. The van der Waals surface area contributed by atoms with Crippen LogP contribution in [0, 0.1) is 0 Å². The van der Waals surface area contributed by atoms with Crippen molar-refractivity contribution in [3.05, 3.63) is 35.5 Å². The first-order valence-corrected chi connectivity index (χ1v) is 8.45. The van der Waals surface area contributed by atoms with Crippen molar-refractivity contribution in [1.82, 2.24) is 4.57 Å². The minimum Gasteiger partial charge on any atom is -0.388 e. The van der Waals surface area contributed by atoms with Gasteiger partial charge >= 0.3 is 0 Å². The quantitative estimate of drug-likeness (QED) is 0.914. The van der Waals surface area contributed by atoms with Gasteiger partial charge in [0.05, 0.1) is 5.92 Å². The standard InChI is InChI=1S/C15H18N2O.C2H6O.C2H6/c1-2-17-12-8-4-3-6-10(12)14-11(15(16)18)7-5-9-13(14)17;1-3-2;1-2/h3-4,6,8,11H,2,5,7,9H2,1H3,(H2,16,18);1-2H3;1-2H3. The third kappa shape index (κ3) is 3.94. The molecule has 0 bridgehead atoms. The third-order valence-electron chi connectivity index (χ3n) is 4.04. The molecule has 4 nitrogen and oxygen atoms in total. The highest BCUT2D eigenvalue weighted by atomic mass is 16.4. The summed E-state index contributed by atoms with van der Waals surface area (Å²) in [7, 11) is 3.25. The number of benzene rings is 1. The number of rotatable bonds is 2. The van der Waals surface area contributed by atoms with Crippen molar-refractivity contribution >= 4 is 16.8 Å². The van der Waals surface area contributed by atoms with Gasteiger partial charge in [0, 0.05) is 37.4 Å². The van der Waals surface area contributed by atoms with Crippen LogP contribution < -0.4 is 5.73 Å². The molecule has 3 rings (SSSR count). The molecular formula is C19H30N2O2. The van der Waals surface area contributed by atoms with Crippen LogP contribution >= 0.6 is 0 Å². The number of nitrogens with two attached hydrogens (primary N) is 1. The topological polar surface area (TPSA) is 57.2 Å². The summed E-state index contributed by atoms with van der Waals surface area (Å²) in [4.78, 5) is 11.7. The van der Waals surface area contributed by atoms with Crippen molar-refractivity contribution in [2.75, 3.05) is 14.2 Å². The number of para-hydroxylation sites is 1. The lowest BCUT2D eigenvalue weighted by molar-refractivity contribution is -0.119. The van der Waals surface area contributed by atoms with Crippen molar-refractivity contribution in [3.8, 4) is 0 Å². The molecule has 1 aromatic heterocycles. The average molecular weight is 318 g/mol. The summed E-state index contributed by atoms with van der Waals surface area (Å²) in [5.74, 6) is -0.290. The van der Waals surface area contributed by atoms with Crippen molar-refractivity contribution in [2.24, 2.45) is 5.73 Å². The molecule has 1 heterocycles. The van der Waals surface area contributed by atoms with Crippen molar-refractivity contribution in [1.29, 1.82) is 0 Å². The van der Waals surface area contributed by atoms with Crippen LogP contribution in [-0.4, -0.2) is 24.7 Å². The van der Waals surface area contributed by atoms with Crippen LogP contribution in [0.3, 0.4) is 0 Å². The molecule has 1 amide bonds. The smallest absolute Gasteiger partial charge is 0.225 e. The van der Waals surface area contributed by atoms with E-state index in [0.29, 0.717) is 0 Å². The fourth-order valence-electron chi connectivity index (χ4n) is 3.31. The van der Waals surface area contributed by atoms with Crippen LogP contribution in [0.1, 0.15) is 50.8 Å². The second-order valence-electron chi connectivity index (χ2n) is 5.38. The van der Waals surface area contributed by atoms with Crippen molar-refractivity contribution in [3.63, 3.8) is 0 Å². The van der Waals surface area contributed by atoms with E-state index in [-0.39, 0.29) is 11.8 Å². The Morgan fingerprint density at radius 3 is 2.48 bits per heavy atom. The Bertz CT molecular complexity index is 632. The van der Waals surface area contributed by atoms with Gasteiger partial charge in [-0.2, -0.15) is 0 Å². The Morgan fingerprint density at radius 1 is 1.30 bits per heavy atom. The van der Waals surface area contributed by atoms with Crippen LogP contribution in [0.5, 0.6) is 0 Å². The molecule has 0 radical (unpaired) electrons. The largest absolute Gasteiger partial charge is 0.388 e. The maximum atomic E-state index is 11.7. The number of carbonyl (C=O) groups is 1. The highest BCUT2D eigenvalue weighted by Gasteiger charge is 2.29. The molecule has 2 aromatic rings. The molecule has 0 saturated heterocycles. The predicted octanol–water partition coefficient (Wildman–Crippen LogP) is 3.86. The van der Waals surface area contributed by atoms with Crippen LogP contribution in [-0.2, 0) is 22.5 Å². The minimum atomic E-state index is -0.185. The minimum absolute atomic E-state index is 0.105. The fraction of sp³-hybridized carbons (Fsp3) is 0.526. The first kappa shape index (κ1) is 19.2. The molecule has 1 unspecified atom stereocenters. The number of ether oxygens (including phenoxy) is 1. The number of fused-ring (bicyclic) bond motifs is 3. The van der Waals surface area contributed by atoms with Crippen LogP contribution in [0.4, 0.5) is 0 Å². The lowest BCUT2D eigenvalue weighted by Gasteiger charge is -2.21.